The Morgan fingerprint density at radius 3 is 2.85 bits per heavy atom. The van der Waals surface area contributed by atoms with Crippen LogP contribution >= 0.6 is 11.6 Å². The molecule has 134 valence electrons. The van der Waals surface area contributed by atoms with Gasteiger partial charge < -0.3 is 10.1 Å². The minimum absolute atomic E-state index is 0.0629. The predicted molar refractivity (Wildman–Crippen MR) is 103 cm³/mol. The Bertz CT molecular complexity index is 921. The molecule has 1 N–H and O–H groups in total. The maximum atomic E-state index is 12.2. The largest absolute Gasteiger partial charge is 0.483 e. The quantitative estimate of drug-likeness (QED) is 0.707. The van der Waals surface area contributed by atoms with Crippen molar-refractivity contribution in [3.05, 3.63) is 76.4 Å². The monoisotopic (exact) mass is 369 g/mol. The average molecular weight is 370 g/mol. The van der Waals surface area contributed by atoms with Crippen molar-refractivity contribution in [3.63, 3.8) is 0 Å². The number of anilines is 1. The van der Waals surface area contributed by atoms with Gasteiger partial charge >= 0.3 is 0 Å². The molecule has 0 fully saturated rings. The first-order valence-corrected chi connectivity index (χ1v) is 8.65. The van der Waals surface area contributed by atoms with Gasteiger partial charge in [0, 0.05) is 11.1 Å². The fourth-order valence-electron chi connectivity index (χ4n) is 2.56. The van der Waals surface area contributed by atoms with Crippen molar-refractivity contribution in [2.75, 3.05) is 11.9 Å². The first kappa shape index (κ1) is 18.0. The number of hydrogen-bond acceptors (Lipinski definition) is 3. The SMILES string of the molecule is Cc1ccc(C)c(OCC(=O)Nc2ccnn2Cc2cccc(Cl)c2)c1. The number of halogens is 1. The molecular weight excluding hydrogens is 350 g/mol. The molecule has 0 saturated carbocycles. The zero-order valence-corrected chi connectivity index (χ0v) is 15.5. The summed E-state index contributed by atoms with van der Waals surface area (Å²) in [4.78, 5) is 12.2. The van der Waals surface area contributed by atoms with Crippen molar-refractivity contribution in [1.29, 1.82) is 0 Å². The minimum Gasteiger partial charge on any atom is -0.483 e. The van der Waals surface area contributed by atoms with Crippen molar-refractivity contribution in [2.45, 2.75) is 20.4 Å². The first-order valence-electron chi connectivity index (χ1n) is 8.27. The Morgan fingerprint density at radius 1 is 1.19 bits per heavy atom. The van der Waals surface area contributed by atoms with Crippen LogP contribution < -0.4 is 10.1 Å². The van der Waals surface area contributed by atoms with Crippen LogP contribution in [0.4, 0.5) is 5.82 Å². The van der Waals surface area contributed by atoms with Gasteiger partial charge in [-0.15, -0.1) is 0 Å². The summed E-state index contributed by atoms with van der Waals surface area (Å²) in [6.45, 7) is 4.39. The molecule has 2 aromatic carbocycles. The second-order valence-electron chi connectivity index (χ2n) is 6.11. The second-order valence-corrected chi connectivity index (χ2v) is 6.55. The van der Waals surface area contributed by atoms with E-state index in [1.54, 1.807) is 16.9 Å². The number of aromatic nitrogens is 2. The molecule has 1 amide bonds. The summed E-state index contributed by atoms with van der Waals surface area (Å²) in [6.07, 6.45) is 1.64. The van der Waals surface area contributed by atoms with Crippen molar-refractivity contribution >= 4 is 23.3 Å². The molecule has 6 heteroatoms. The standard InChI is InChI=1S/C20H20ClN3O2/c1-14-6-7-15(2)18(10-14)26-13-20(25)23-19-8-9-22-24(19)12-16-4-3-5-17(21)11-16/h3-11H,12-13H2,1-2H3,(H,23,25). The number of aryl methyl sites for hydroxylation is 2. The minimum atomic E-state index is -0.237. The number of amides is 1. The molecule has 0 aliphatic rings. The fourth-order valence-corrected chi connectivity index (χ4v) is 2.77. The van der Waals surface area contributed by atoms with E-state index in [0.29, 0.717) is 23.1 Å². The van der Waals surface area contributed by atoms with Gasteiger partial charge in [-0.2, -0.15) is 5.10 Å². The van der Waals surface area contributed by atoms with Gasteiger partial charge in [-0.3, -0.25) is 4.79 Å². The third-order valence-electron chi connectivity index (χ3n) is 3.91. The number of nitrogens with zero attached hydrogens (tertiary/aromatic N) is 2. The molecule has 0 spiro atoms. The van der Waals surface area contributed by atoms with Gasteiger partial charge in [-0.25, -0.2) is 4.68 Å². The number of nitrogens with one attached hydrogen (secondary N) is 1. The van der Waals surface area contributed by atoms with Gasteiger partial charge in [-0.05, 0) is 48.7 Å². The van der Waals surface area contributed by atoms with Gasteiger partial charge in [0.05, 0.1) is 12.7 Å². The van der Waals surface area contributed by atoms with Crippen LogP contribution in [0, 0.1) is 13.8 Å². The lowest BCUT2D eigenvalue weighted by molar-refractivity contribution is -0.118. The molecule has 0 unspecified atom stereocenters. The molecule has 0 aliphatic carbocycles. The van der Waals surface area contributed by atoms with Gasteiger partial charge in [-0.1, -0.05) is 35.9 Å². The van der Waals surface area contributed by atoms with Crippen LogP contribution in [0.2, 0.25) is 5.02 Å². The smallest absolute Gasteiger partial charge is 0.263 e. The molecule has 0 atom stereocenters. The lowest BCUT2D eigenvalue weighted by Crippen LogP contribution is -2.22. The molecule has 0 radical (unpaired) electrons. The molecule has 5 nitrogen and oxygen atoms in total. The van der Waals surface area contributed by atoms with E-state index in [2.05, 4.69) is 10.4 Å². The Balaban J connectivity index is 1.61. The highest BCUT2D eigenvalue weighted by Crippen LogP contribution is 2.19. The van der Waals surface area contributed by atoms with Crippen LogP contribution in [0.5, 0.6) is 5.75 Å². The summed E-state index contributed by atoms with van der Waals surface area (Å²) >= 11 is 6.02. The highest BCUT2D eigenvalue weighted by Gasteiger charge is 2.10. The summed E-state index contributed by atoms with van der Waals surface area (Å²) in [5.41, 5.74) is 3.09. The van der Waals surface area contributed by atoms with E-state index >= 15 is 0 Å². The highest BCUT2D eigenvalue weighted by molar-refractivity contribution is 6.30. The van der Waals surface area contributed by atoms with Crippen LogP contribution in [0.3, 0.4) is 0 Å². The van der Waals surface area contributed by atoms with E-state index < -0.39 is 0 Å². The number of ether oxygens (including phenoxy) is 1. The van der Waals surface area contributed by atoms with Crippen molar-refractivity contribution in [2.24, 2.45) is 0 Å². The van der Waals surface area contributed by atoms with Gasteiger partial charge in [0.25, 0.3) is 5.91 Å². The van der Waals surface area contributed by atoms with Crippen molar-refractivity contribution in [3.8, 4) is 5.75 Å². The number of carbonyl (C=O) groups is 1. The second kappa shape index (κ2) is 8.06. The van der Waals surface area contributed by atoms with Crippen molar-refractivity contribution in [1.82, 2.24) is 9.78 Å². The molecule has 26 heavy (non-hydrogen) atoms. The maximum Gasteiger partial charge on any atom is 0.263 e. The lowest BCUT2D eigenvalue weighted by Gasteiger charge is -2.12. The van der Waals surface area contributed by atoms with E-state index in [1.807, 2.05) is 56.3 Å². The molecule has 0 saturated heterocycles. The number of benzene rings is 2. The fraction of sp³-hybridized carbons (Fsp3) is 0.200. The molecule has 3 aromatic rings. The Kier molecular flexibility index (Phi) is 5.58. The first-order chi connectivity index (χ1) is 12.5. The zero-order valence-electron chi connectivity index (χ0n) is 14.7. The van der Waals surface area contributed by atoms with Crippen LogP contribution in [-0.2, 0) is 11.3 Å². The van der Waals surface area contributed by atoms with E-state index in [0.717, 1.165) is 16.7 Å². The summed E-state index contributed by atoms with van der Waals surface area (Å²) in [6, 6.07) is 15.2. The van der Waals surface area contributed by atoms with Crippen LogP contribution in [0.15, 0.2) is 54.7 Å². The lowest BCUT2D eigenvalue weighted by atomic mass is 10.1. The molecule has 0 aliphatic heterocycles. The molecule has 0 bridgehead atoms. The Labute approximate surface area is 157 Å². The topological polar surface area (TPSA) is 56.1 Å². The van der Waals surface area contributed by atoms with Gasteiger partial charge in [0.15, 0.2) is 6.61 Å². The van der Waals surface area contributed by atoms with E-state index in [-0.39, 0.29) is 12.5 Å². The molecule has 1 aromatic heterocycles. The van der Waals surface area contributed by atoms with E-state index in [1.165, 1.54) is 0 Å². The summed E-state index contributed by atoms with van der Waals surface area (Å²) in [7, 11) is 0. The number of carbonyl (C=O) groups excluding carboxylic acids is 1. The number of rotatable bonds is 6. The zero-order chi connectivity index (χ0) is 18.5. The van der Waals surface area contributed by atoms with E-state index in [4.69, 9.17) is 16.3 Å². The van der Waals surface area contributed by atoms with Gasteiger partial charge in [0.2, 0.25) is 0 Å². The van der Waals surface area contributed by atoms with Crippen molar-refractivity contribution < 1.29 is 9.53 Å². The Hall–Kier alpha value is -2.79. The summed E-state index contributed by atoms with van der Waals surface area (Å²) in [5, 5.41) is 7.76. The molecular formula is C20H20ClN3O2. The normalized spacial score (nSPS) is 10.6. The summed E-state index contributed by atoms with van der Waals surface area (Å²) < 4.78 is 7.35. The molecule has 3 rings (SSSR count). The third-order valence-corrected chi connectivity index (χ3v) is 4.14. The van der Waals surface area contributed by atoms with Crippen LogP contribution in [-0.4, -0.2) is 22.3 Å². The third kappa shape index (κ3) is 4.64. The summed E-state index contributed by atoms with van der Waals surface area (Å²) in [5.74, 6) is 1.09. The number of hydrogen-bond donors (Lipinski definition) is 1. The predicted octanol–water partition coefficient (Wildman–Crippen LogP) is 4.22. The maximum absolute atomic E-state index is 12.2. The highest BCUT2D eigenvalue weighted by atomic mass is 35.5. The van der Waals surface area contributed by atoms with Crippen LogP contribution in [0.1, 0.15) is 16.7 Å². The molecule has 1 heterocycles. The van der Waals surface area contributed by atoms with Crippen LogP contribution in [0.25, 0.3) is 0 Å². The Morgan fingerprint density at radius 2 is 2.04 bits per heavy atom. The van der Waals surface area contributed by atoms with E-state index in [9.17, 15) is 4.79 Å². The van der Waals surface area contributed by atoms with Gasteiger partial charge in [0.1, 0.15) is 11.6 Å². The average Bonchev–Trinajstić information content (AvgIpc) is 3.02.